The second-order valence-corrected chi connectivity index (χ2v) is 7.78. The van der Waals surface area contributed by atoms with Gasteiger partial charge in [0.1, 0.15) is 0 Å². The van der Waals surface area contributed by atoms with Crippen LogP contribution in [-0.4, -0.2) is 28.9 Å². The fraction of sp³-hybridized carbons (Fsp3) is 0.318. The first-order valence-electron chi connectivity index (χ1n) is 9.20. The van der Waals surface area contributed by atoms with E-state index in [2.05, 4.69) is 49.7 Å². The van der Waals surface area contributed by atoms with Gasteiger partial charge in [-0.2, -0.15) is 0 Å². The summed E-state index contributed by atoms with van der Waals surface area (Å²) in [4.78, 5) is 19.1. The Kier molecular flexibility index (Phi) is 4.53. The maximum Gasteiger partial charge on any atom is 0.254 e. The molecular formula is C22H24N2OS. The van der Waals surface area contributed by atoms with E-state index in [1.807, 2.05) is 29.2 Å². The van der Waals surface area contributed by atoms with E-state index in [1.54, 1.807) is 0 Å². The minimum Gasteiger partial charge on any atom is -0.358 e. The van der Waals surface area contributed by atoms with Crippen molar-refractivity contribution in [2.75, 3.05) is 13.1 Å². The number of aromatic nitrogens is 1. The van der Waals surface area contributed by atoms with Gasteiger partial charge >= 0.3 is 0 Å². The Morgan fingerprint density at radius 1 is 1.12 bits per heavy atom. The molecule has 0 spiro atoms. The smallest absolute Gasteiger partial charge is 0.254 e. The summed E-state index contributed by atoms with van der Waals surface area (Å²) < 4.78 is 0. The number of nitrogens with one attached hydrogen (secondary N) is 1. The Morgan fingerprint density at radius 3 is 2.58 bits per heavy atom. The Morgan fingerprint density at radius 2 is 1.85 bits per heavy atom. The number of carbonyl (C=O) groups excluding carboxylic acids is 1. The number of aromatic amines is 1. The monoisotopic (exact) mass is 364 g/mol. The fourth-order valence-corrected chi connectivity index (χ4v) is 4.32. The van der Waals surface area contributed by atoms with Crippen LogP contribution in [0.2, 0.25) is 0 Å². The molecule has 0 radical (unpaired) electrons. The van der Waals surface area contributed by atoms with Crippen LogP contribution in [0.25, 0.3) is 10.9 Å². The fourth-order valence-electron chi connectivity index (χ4n) is 4.07. The molecule has 3 nitrogen and oxygen atoms in total. The van der Waals surface area contributed by atoms with Crippen molar-refractivity contribution < 1.29 is 4.79 Å². The predicted molar refractivity (Wildman–Crippen MR) is 109 cm³/mol. The summed E-state index contributed by atoms with van der Waals surface area (Å²) >= 11 is 4.43. The van der Waals surface area contributed by atoms with Gasteiger partial charge in [-0.15, -0.1) is 12.6 Å². The molecule has 4 heteroatoms. The lowest BCUT2D eigenvalue weighted by Gasteiger charge is -2.32. The number of carbonyl (C=O) groups is 1. The lowest BCUT2D eigenvalue weighted by molar-refractivity contribution is 0.0708. The number of amides is 1. The van der Waals surface area contributed by atoms with Crippen molar-refractivity contribution in [2.45, 2.75) is 37.5 Å². The number of fused-ring (bicyclic) bond motifs is 1. The van der Waals surface area contributed by atoms with Crippen molar-refractivity contribution in [3.8, 4) is 0 Å². The highest BCUT2D eigenvalue weighted by molar-refractivity contribution is 7.80. The van der Waals surface area contributed by atoms with Gasteiger partial charge in [-0.3, -0.25) is 4.79 Å². The average Bonchev–Trinajstić information content (AvgIpc) is 2.98. The van der Waals surface area contributed by atoms with E-state index >= 15 is 0 Å². The van der Waals surface area contributed by atoms with Gasteiger partial charge in [-0.05, 0) is 56.5 Å². The van der Waals surface area contributed by atoms with Gasteiger partial charge in [0.25, 0.3) is 5.91 Å². The minimum atomic E-state index is 0.0954. The van der Waals surface area contributed by atoms with Gasteiger partial charge in [0.15, 0.2) is 0 Å². The molecule has 3 aromatic rings. The highest BCUT2D eigenvalue weighted by Gasteiger charge is 2.27. The number of likely N-dealkylation sites (tertiary alicyclic amines) is 1. The molecule has 0 atom stereocenters. The number of benzene rings is 2. The van der Waals surface area contributed by atoms with Crippen molar-refractivity contribution in [1.82, 2.24) is 9.88 Å². The van der Waals surface area contributed by atoms with Gasteiger partial charge in [-0.1, -0.05) is 23.8 Å². The lowest BCUT2D eigenvalue weighted by atomic mass is 9.91. The first-order chi connectivity index (χ1) is 12.5. The van der Waals surface area contributed by atoms with E-state index < -0.39 is 0 Å². The normalized spacial score (nSPS) is 15.6. The molecule has 0 unspecified atom stereocenters. The van der Waals surface area contributed by atoms with Crippen LogP contribution >= 0.6 is 12.6 Å². The van der Waals surface area contributed by atoms with E-state index in [-0.39, 0.29) is 5.91 Å². The Labute approximate surface area is 159 Å². The van der Waals surface area contributed by atoms with E-state index in [0.29, 0.717) is 11.5 Å². The zero-order valence-electron chi connectivity index (χ0n) is 15.2. The molecule has 1 N–H and O–H groups in total. The molecule has 1 amide bonds. The quantitative estimate of drug-likeness (QED) is 0.610. The highest BCUT2D eigenvalue weighted by Crippen LogP contribution is 2.34. The number of hydrogen-bond acceptors (Lipinski definition) is 2. The van der Waals surface area contributed by atoms with Gasteiger partial charge < -0.3 is 9.88 Å². The lowest BCUT2D eigenvalue weighted by Crippen LogP contribution is -2.38. The van der Waals surface area contributed by atoms with Crippen LogP contribution in [0.1, 0.15) is 45.9 Å². The van der Waals surface area contributed by atoms with Crippen molar-refractivity contribution in [3.63, 3.8) is 0 Å². The van der Waals surface area contributed by atoms with Gasteiger partial charge in [-0.25, -0.2) is 0 Å². The highest BCUT2D eigenvalue weighted by atomic mass is 32.1. The molecule has 0 saturated carbocycles. The molecule has 26 heavy (non-hydrogen) atoms. The number of piperidine rings is 1. The number of aryl methyl sites for hydroxylation is 2. The molecule has 1 aliphatic heterocycles. The standard InChI is InChI=1S/C22H24N2OS/c1-14-7-8-19-18(13-14)15(2)21(23-19)16-9-11-24(12-10-16)22(25)17-5-3-4-6-20(17)26/h3-8,13,16,23,26H,9-12H2,1-2H3. The summed E-state index contributed by atoms with van der Waals surface area (Å²) in [7, 11) is 0. The first kappa shape index (κ1) is 17.2. The largest absolute Gasteiger partial charge is 0.358 e. The zero-order valence-corrected chi connectivity index (χ0v) is 16.1. The maximum atomic E-state index is 12.8. The van der Waals surface area contributed by atoms with Crippen LogP contribution in [0.15, 0.2) is 47.4 Å². The van der Waals surface area contributed by atoms with Crippen LogP contribution in [0.3, 0.4) is 0 Å². The zero-order chi connectivity index (χ0) is 18.3. The summed E-state index contributed by atoms with van der Waals surface area (Å²) in [6.45, 7) is 5.93. The van der Waals surface area contributed by atoms with E-state index in [0.717, 1.165) is 30.8 Å². The summed E-state index contributed by atoms with van der Waals surface area (Å²) in [6.07, 6.45) is 1.99. The van der Waals surface area contributed by atoms with Gasteiger partial charge in [0, 0.05) is 40.5 Å². The van der Waals surface area contributed by atoms with Gasteiger partial charge in [0.05, 0.1) is 5.56 Å². The Bertz CT molecular complexity index is 967. The predicted octanol–water partition coefficient (Wildman–Crippen LogP) is 5.09. The van der Waals surface area contributed by atoms with Crippen molar-refractivity contribution >= 4 is 29.4 Å². The van der Waals surface area contributed by atoms with E-state index in [9.17, 15) is 4.79 Å². The molecule has 2 heterocycles. The molecule has 1 fully saturated rings. The molecule has 0 bridgehead atoms. The van der Waals surface area contributed by atoms with Crippen LogP contribution in [0.4, 0.5) is 0 Å². The summed E-state index contributed by atoms with van der Waals surface area (Å²) in [6, 6.07) is 14.1. The third-order valence-corrected chi connectivity index (χ3v) is 5.97. The van der Waals surface area contributed by atoms with E-state index in [4.69, 9.17) is 0 Å². The second-order valence-electron chi connectivity index (χ2n) is 7.30. The average molecular weight is 365 g/mol. The third kappa shape index (κ3) is 3.03. The number of rotatable bonds is 2. The number of thiol groups is 1. The Balaban J connectivity index is 1.51. The molecule has 4 rings (SSSR count). The number of hydrogen-bond donors (Lipinski definition) is 2. The first-order valence-corrected chi connectivity index (χ1v) is 9.65. The van der Waals surface area contributed by atoms with Crippen LogP contribution < -0.4 is 0 Å². The van der Waals surface area contributed by atoms with Crippen LogP contribution in [0, 0.1) is 13.8 Å². The summed E-state index contributed by atoms with van der Waals surface area (Å²) in [5.74, 6) is 0.580. The van der Waals surface area contributed by atoms with Crippen LogP contribution in [-0.2, 0) is 0 Å². The Hall–Kier alpha value is -2.20. The molecule has 1 aromatic heterocycles. The SMILES string of the molecule is Cc1ccc2[nH]c(C3CCN(C(=O)c4ccccc4S)CC3)c(C)c2c1. The third-order valence-electron chi connectivity index (χ3n) is 5.58. The summed E-state index contributed by atoms with van der Waals surface area (Å²) in [5.41, 5.74) is 5.90. The maximum absolute atomic E-state index is 12.8. The molecule has 134 valence electrons. The van der Waals surface area contributed by atoms with Crippen molar-refractivity contribution in [3.05, 3.63) is 64.8 Å². The minimum absolute atomic E-state index is 0.0954. The molecule has 1 aliphatic rings. The number of nitrogens with zero attached hydrogens (tertiary/aromatic N) is 1. The molecular weight excluding hydrogens is 340 g/mol. The molecule has 1 saturated heterocycles. The van der Waals surface area contributed by atoms with Crippen molar-refractivity contribution in [1.29, 1.82) is 0 Å². The van der Waals surface area contributed by atoms with Crippen molar-refractivity contribution in [2.24, 2.45) is 0 Å². The van der Waals surface area contributed by atoms with E-state index in [1.165, 1.54) is 27.7 Å². The summed E-state index contributed by atoms with van der Waals surface area (Å²) in [5, 5.41) is 1.32. The van der Waals surface area contributed by atoms with Crippen LogP contribution in [0.5, 0.6) is 0 Å². The molecule has 0 aliphatic carbocycles. The number of H-pyrrole nitrogens is 1. The molecule has 2 aromatic carbocycles. The second kappa shape index (κ2) is 6.84. The topological polar surface area (TPSA) is 36.1 Å². The van der Waals surface area contributed by atoms with Gasteiger partial charge in [0.2, 0.25) is 0 Å².